The molecule has 2 atom stereocenters. The van der Waals surface area contributed by atoms with Gasteiger partial charge in [0.25, 0.3) is 0 Å². The van der Waals surface area contributed by atoms with Gasteiger partial charge in [-0.05, 0) is 24.5 Å². The van der Waals surface area contributed by atoms with Crippen LogP contribution in [0.2, 0.25) is 0 Å². The van der Waals surface area contributed by atoms with E-state index < -0.39 is 0 Å². The van der Waals surface area contributed by atoms with Gasteiger partial charge in [-0.2, -0.15) is 0 Å². The topological polar surface area (TPSA) is 30.5 Å². The Hall–Kier alpha value is -1.06. The molecule has 1 fully saturated rings. The van der Waals surface area contributed by atoms with Crippen molar-refractivity contribution in [1.29, 1.82) is 0 Å². The van der Waals surface area contributed by atoms with Crippen LogP contribution in [0.25, 0.3) is 0 Å². The molecular weight excluding hydrogens is 214 g/mol. The lowest BCUT2D eigenvalue weighted by atomic mass is 10.1. The highest BCUT2D eigenvalue weighted by atomic mass is 16.5. The molecule has 2 aliphatic heterocycles. The molecule has 2 heterocycles. The summed E-state index contributed by atoms with van der Waals surface area (Å²) in [7, 11) is 0. The minimum Gasteiger partial charge on any atom is -0.488 e. The van der Waals surface area contributed by atoms with Crippen LogP contribution in [0, 0.1) is 0 Å². The van der Waals surface area contributed by atoms with Gasteiger partial charge in [-0.3, -0.25) is 0 Å². The highest BCUT2D eigenvalue weighted by Crippen LogP contribution is 2.27. The lowest BCUT2D eigenvalue weighted by Crippen LogP contribution is -2.41. The van der Waals surface area contributed by atoms with Gasteiger partial charge in [-0.25, -0.2) is 0 Å². The molecule has 3 heteroatoms. The standard InChI is InChI=1S/C14H19NO2/c1-2-6-14-11(4-1)8-13(17-14)9-15-12-5-3-7-16-10-12/h1-2,4,6,12-13,15H,3,5,7-10H2. The first-order valence-electron chi connectivity index (χ1n) is 6.47. The molecule has 0 spiro atoms. The predicted octanol–water partition coefficient (Wildman–Crippen LogP) is 1.76. The number of hydrogen-bond donors (Lipinski definition) is 1. The minimum absolute atomic E-state index is 0.286. The fourth-order valence-corrected chi connectivity index (χ4v) is 2.57. The Morgan fingerprint density at radius 1 is 1.29 bits per heavy atom. The van der Waals surface area contributed by atoms with Gasteiger partial charge in [0.1, 0.15) is 11.9 Å². The van der Waals surface area contributed by atoms with E-state index in [4.69, 9.17) is 9.47 Å². The van der Waals surface area contributed by atoms with Gasteiger partial charge in [0.2, 0.25) is 0 Å². The fraction of sp³-hybridized carbons (Fsp3) is 0.571. The van der Waals surface area contributed by atoms with Crippen LogP contribution in [-0.2, 0) is 11.2 Å². The number of nitrogens with one attached hydrogen (secondary N) is 1. The Morgan fingerprint density at radius 3 is 3.06 bits per heavy atom. The monoisotopic (exact) mass is 233 g/mol. The van der Waals surface area contributed by atoms with Crippen molar-refractivity contribution >= 4 is 0 Å². The van der Waals surface area contributed by atoms with E-state index in [-0.39, 0.29) is 6.10 Å². The number of para-hydroxylation sites is 1. The van der Waals surface area contributed by atoms with Crippen molar-refractivity contribution < 1.29 is 9.47 Å². The Bertz CT molecular complexity index is 349. The molecule has 2 aliphatic rings. The third-order valence-corrected chi connectivity index (χ3v) is 3.51. The maximum Gasteiger partial charge on any atom is 0.123 e. The molecule has 0 aliphatic carbocycles. The average molecular weight is 233 g/mol. The number of rotatable bonds is 3. The van der Waals surface area contributed by atoms with Crippen LogP contribution in [0.5, 0.6) is 5.75 Å². The van der Waals surface area contributed by atoms with E-state index in [1.165, 1.54) is 18.4 Å². The lowest BCUT2D eigenvalue weighted by molar-refractivity contribution is 0.0666. The van der Waals surface area contributed by atoms with Crippen molar-refractivity contribution in [3.05, 3.63) is 29.8 Å². The Kier molecular flexibility index (Phi) is 3.29. The lowest BCUT2D eigenvalue weighted by Gasteiger charge is -2.24. The summed E-state index contributed by atoms with van der Waals surface area (Å²) < 4.78 is 11.4. The van der Waals surface area contributed by atoms with Gasteiger partial charge < -0.3 is 14.8 Å². The van der Waals surface area contributed by atoms with Crippen LogP contribution in [0.4, 0.5) is 0 Å². The first-order chi connectivity index (χ1) is 8.42. The Labute approximate surface area is 102 Å². The number of hydrogen-bond acceptors (Lipinski definition) is 3. The summed E-state index contributed by atoms with van der Waals surface area (Å²) in [5.74, 6) is 1.05. The maximum atomic E-state index is 5.89. The van der Waals surface area contributed by atoms with Gasteiger partial charge >= 0.3 is 0 Å². The second-order valence-corrected chi connectivity index (χ2v) is 4.87. The molecule has 1 N–H and O–H groups in total. The third-order valence-electron chi connectivity index (χ3n) is 3.51. The van der Waals surface area contributed by atoms with Gasteiger partial charge in [0.05, 0.1) is 6.61 Å². The van der Waals surface area contributed by atoms with Crippen LogP contribution in [0.1, 0.15) is 18.4 Å². The molecule has 3 rings (SSSR count). The summed E-state index contributed by atoms with van der Waals surface area (Å²) in [5, 5.41) is 3.55. The molecule has 0 bridgehead atoms. The Balaban J connectivity index is 1.48. The number of ether oxygens (including phenoxy) is 2. The van der Waals surface area contributed by atoms with Crippen molar-refractivity contribution in [2.45, 2.75) is 31.4 Å². The smallest absolute Gasteiger partial charge is 0.123 e. The highest BCUT2D eigenvalue weighted by molar-refractivity contribution is 5.37. The predicted molar refractivity (Wildman–Crippen MR) is 66.4 cm³/mol. The maximum absolute atomic E-state index is 5.89. The van der Waals surface area contributed by atoms with Crippen molar-refractivity contribution in [3.8, 4) is 5.75 Å². The minimum atomic E-state index is 0.286. The van der Waals surface area contributed by atoms with Crippen molar-refractivity contribution in [1.82, 2.24) is 5.32 Å². The van der Waals surface area contributed by atoms with E-state index in [1.807, 2.05) is 6.07 Å². The van der Waals surface area contributed by atoms with Gasteiger partial charge in [0.15, 0.2) is 0 Å². The van der Waals surface area contributed by atoms with Crippen LogP contribution in [0.3, 0.4) is 0 Å². The third kappa shape index (κ3) is 2.61. The average Bonchev–Trinajstić information content (AvgIpc) is 2.80. The molecule has 92 valence electrons. The molecule has 1 aromatic rings. The van der Waals surface area contributed by atoms with E-state index in [9.17, 15) is 0 Å². The molecule has 17 heavy (non-hydrogen) atoms. The van der Waals surface area contributed by atoms with Gasteiger partial charge in [-0.1, -0.05) is 18.2 Å². The fourth-order valence-electron chi connectivity index (χ4n) is 2.57. The summed E-state index contributed by atoms with van der Waals surface area (Å²) in [5.41, 5.74) is 1.33. The number of benzene rings is 1. The van der Waals surface area contributed by atoms with Gasteiger partial charge in [-0.15, -0.1) is 0 Å². The van der Waals surface area contributed by atoms with Crippen LogP contribution < -0.4 is 10.1 Å². The quantitative estimate of drug-likeness (QED) is 0.863. The van der Waals surface area contributed by atoms with Crippen LogP contribution in [0.15, 0.2) is 24.3 Å². The second kappa shape index (κ2) is 5.07. The first-order valence-corrected chi connectivity index (χ1v) is 6.47. The van der Waals surface area contributed by atoms with Crippen LogP contribution in [-0.4, -0.2) is 31.9 Å². The molecule has 0 aromatic heterocycles. The van der Waals surface area contributed by atoms with Crippen molar-refractivity contribution in [2.24, 2.45) is 0 Å². The van der Waals surface area contributed by atoms with Gasteiger partial charge in [0, 0.05) is 25.6 Å². The summed E-state index contributed by atoms with van der Waals surface area (Å²) in [4.78, 5) is 0. The molecule has 3 nitrogen and oxygen atoms in total. The molecule has 2 unspecified atom stereocenters. The SMILES string of the molecule is c1ccc2c(c1)CC(CNC1CCCOC1)O2. The summed E-state index contributed by atoms with van der Waals surface area (Å²) in [6, 6.07) is 8.82. The van der Waals surface area contributed by atoms with E-state index >= 15 is 0 Å². The van der Waals surface area contributed by atoms with Crippen LogP contribution >= 0.6 is 0 Å². The normalized spacial score (nSPS) is 27.5. The molecule has 0 saturated carbocycles. The zero-order chi connectivity index (χ0) is 11.5. The largest absolute Gasteiger partial charge is 0.488 e. The molecule has 0 radical (unpaired) electrons. The zero-order valence-corrected chi connectivity index (χ0v) is 10.0. The number of fused-ring (bicyclic) bond motifs is 1. The van der Waals surface area contributed by atoms with Crippen molar-refractivity contribution in [2.75, 3.05) is 19.8 Å². The summed E-state index contributed by atoms with van der Waals surface area (Å²) >= 11 is 0. The van der Waals surface area contributed by atoms with E-state index in [0.29, 0.717) is 6.04 Å². The molecular formula is C14H19NO2. The van der Waals surface area contributed by atoms with Crippen molar-refractivity contribution in [3.63, 3.8) is 0 Å². The zero-order valence-electron chi connectivity index (χ0n) is 10.0. The summed E-state index contributed by atoms with van der Waals surface area (Å²) in [6.07, 6.45) is 3.70. The highest BCUT2D eigenvalue weighted by Gasteiger charge is 2.23. The second-order valence-electron chi connectivity index (χ2n) is 4.87. The molecule has 0 amide bonds. The summed E-state index contributed by atoms with van der Waals surface area (Å²) in [6.45, 7) is 2.69. The molecule has 1 saturated heterocycles. The first kappa shape index (κ1) is 11.1. The Morgan fingerprint density at radius 2 is 2.24 bits per heavy atom. The van der Waals surface area contributed by atoms with E-state index in [0.717, 1.165) is 31.9 Å². The molecule has 1 aromatic carbocycles. The van der Waals surface area contributed by atoms with E-state index in [1.54, 1.807) is 0 Å². The van der Waals surface area contributed by atoms with E-state index in [2.05, 4.69) is 23.5 Å².